The number of hydrogen-bond donors (Lipinski definition) is 1. The second-order valence-electron chi connectivity index (χ2n) is 5.84. The number of aromatic nitrogens is 1. The molecule has 24 heavy (non-hydrogen) atoms. The average molecular weight is 322 g/mol. The van der Waals surface area contributed by atoms with Crippen molar-refractivity contribution in [1.29, 1.82) is 0 Å². The quantitative estimate of drug-likeness (QED) is 0.758. The molecule has 1 heterocycles. The van der Waals surface area contributed by atoms with Crippen molar-refractivity contribution in [2.24, 2.45) is 0 Å². The summed E-state index contributed by atoms with van der Waals surface area (Å²) in [6.45, 7) is 2.11. The molecule has 0 unspecified atom stereocenters. The van der Waals surface area contributed by atoms with Gasteiger partial charge in [0, 0.05) is 29.0 Å². The molecule has 0 aliphatic heterocycles. The predicted molar refractivity (Wildman–Crippen MR) is 92.1 cm³/mol. The van der Waals surface area contributed by atoms with Crippen LogP contribution in [-0.2, 0) is 11.2 Å². The highest BCUT2D eigenvalue weighted by atomic mass is 16.5. The van der Waals surface area contributed by atoms with E-state index in [4.69, 9.17) is 4.74 Å². The summed E-state index contributed by atoms with van der Waals surface area (Å²) in [5.41, 5.74) is 4.21. The number of carboxylic acid groups (broad SMARTS) is 1. The van der Waals surface area contributed by atoms with Crippen LogP contribution in [-0.4, -0.2) is 18.1 Å². The molecule has 1 aromatic heterocycles. The first kappa shape index (κ1) is 16.1. The number of rotatable bonds is 6. The van der Waals surface area contributed by atoms with Crippen molar-refractivity contribution in [1.82, 2.24) is 4.98 Å². The molecule has 1 N–H and O–H groups in total. The molecule has 0 fully saturated rings. The molecule has 0 amide bonds. The van der Waals surface area contributed by atoms with Crippen LogP contribution in [0.15, 0.2) is 48.7 Å². The van der Waals surface area contributed by atoms with Gasteiger partial charge in [0.2, 0.25) is 0 Å². The van der Waals surface area contributed by atoms with Gasteiger partial charge in [-0.3, -0.25) is 0 Å². The molecule has 3 aromatic rings. The molecular formula is C20H20NO3-. The lowest BCUT2D eigenvalue weighted by Gasteiger charge is -2.18. The van der Waals surface area contributed by atoms with Crippen molar-refractivity contribution in [3.8, 4) is 5.75 Å². The van der Waals surface area contributed by atoms with E-state index < -0.39 is 5.97 Å². The number of aromatic amines is 1. The van der Waals surface area contributed by atoms with Crippen LogP contribution in [0.25, 0.3) is 10.9 Å². The van der Waals surface area contributed by atoms with Crippen LogP contribution in [0, 0.1) is 0 Å². The Balaban J connectivity index is 2.10. The van der Waals surface area contributed by atoms with Gasteiger partial charge in [0.15, 0.2) is 0 Å². The molecule has 0 saturated heterocycles. The standard InChI is InChI=1S/C20H21NO3/c1-3-13-5-4-6-16-18(12-21-20(13)16)17(11-19(22)23)14-7-9-15(24-2)10-8-14/h4-10,12,17,21H,3,11H2,1-2H3,(H,22,23)/p-1/t17-/m1/s1. The number of para-hydroxylation sites is 1. The highest BCUT2D eigenvalue weighted by molar-refractivity contribution is 5.87. The summed E-state index contributed by atoms with van der Waals surface area (Å²) in [5.74, 6) is -0.572. The topological polar surface area (TPSA) is 65.2 Å². The molecule has 4 nitrogen and oxygen atoms in total. The first-order valence-electron chi connectivity index (χ1n) is 8.06. The molecule has 2 aromatic carbocycles. The van der Waals surface area contributed by atoms with Crippen LogP contribution < -0.4 is 9.84 Å². The van der Waals surface area contributed by atoms with Gasteiger partial charge in [-0.25, -0.2) is 0 Å². The smallest absolute Gasteiger partial charge is 0.118 e. The zero-order valence-electron chi connectivity index (χ0n) is 13.8. The third-order valence-electron chi connectivity index (χ3n) is 4.48. The monoisotopic (exact) mass is 322 g/mol. The fourth-order valence-electron chi connectivity index (χ4n) is 3.23. The summed E-state index contributed by atoms with van der Waals surface area (Å²) >= 11 is 0. The van der Waals surface area contributed by atoms with Gasteiger partial charge >= 0.3 is 0 Å². The van der Waals surface area contributed by atoms with Gasteiger partial charge in [0.25, 0.3) is 0 Å². The maximum absolute atomic E-state index is 11.3. The SMILES string of the molecule is CCc1cccc2c([C@H](CC(=O)[O-])c3ccc(OC)cc3)c[nH]c12. The van der Waals surface area contributed by atoms with E-state index in [1.807, 2.05) is 42.6 Å². The van der Waals surface area contributed by atoms with Gasteiger partial charge in [-0.15, -0.1) is 0 Å². The Bertz CT molecular complexity index is 849. The number of carbonyl (C=O) groups is 1. The van der Waals surface area contributed by atoms with Gasteiger partial charge in [0.1, 0.15) is 5.75 Å². The van der Waals surface area contributed by atoms with Crippen LogP contribution >= 0.6 is 0 Å². The Labute approximate surface area is 141 Å². The lowest BCUT2D eigenvalue weighted by molar-refractivity contribution is -0.305. The molecule has 0 radical (unpaired) electrons. The van der Waals surface area contributed by atoms with E-state index in [0.29, 0.717) is 0 Å². The second kappa shape index (κ2) is 6.79. The van der Waals surface area contributed by atoms with Crippen LogP contribution in [0.4, 0.5) is 0 Å². The van der Waals surface area contributed by atoms with Crippen LogP contribution in [0.2, 0.25) is 0 Å². The summed E-state index contributed by atoms with van der Waals surface area (Å²) in [6, 6.07) is 13.7. The number of hydrogen-bond acceptors (Lipinski definition) is 3. The predicted octanol–water partition coefficient (Wildman–Crippen LogP) is 3.01. The van der Waals surface area contributed by atoms with Crippen molar-refractivity contribution in [2.75, 3.05) is 7.11 Å². The number of carbonyl (C=O) groups excluding carboxylic acids is 1. The number of carboxylic acids is 1. The summed E-state index contributed by atoms with van der Waals surface area (Å²) < 4.78 is 5.19. The highest BCUT2D eigenvalue weighted by Gasteiger charge is 2.19. The molecule has 0 spiro atoms. The van der Waals surface area contributed by atoms with E-state index in [9.17, 15) is 9.90 Å². The fraction of sp³-hybridized carbons (Fsp3) is 0.250. The van der Waals surface area contributed by atoms with Crippen molar-refractivity contribution >= 4 is 16.9 Å². The number of aliphatic carboxylic acids is 1. The number of methoxy groups -OCH3 is 1. The lowest BCUT2D eigenvalue weighted by atomic mass is 9.88. The number of H-pyrrole nitrogens is 1. The van der Waals surface area contributed by atoms with Crippen molar-refractivity contribution in [2.45, 2.75) is 25.7 Å². The second-order valence-corrected chi connectivity index (χ2v) is 5.84. The number of aryl methyl sites for hydroxylation is 1. The van der Waals surface area contributed by atoms with E-state index in [1.165, 1.54) is 5.56 Å². The first-order chi connectivity index (χ1) is 11.6. The summed E-state index contributed by atoms with van der Waals surface area (Å²) in [7, 11) is 1.61. The van der Waals surface area contributed by atoms with Gasteiger partial charge in [-0.2, -0.15) is 0 Å². The molecular weight excluding hydrogens is 302 g/mol. The van der Waals surface area contributed by atoms with E-state index in [1.54, 1.807) is 7.11 Å². The van der Waals surface area contributed by atoms with Crippen molar-refractivity contribution in [3.63, 3.8) is 0 Å². The van der Waals surface area contributed by atoms with Gasteiger partial charge in [-0.1, -0.05) is 37.3 Å². The zero-order chi connectivity index (χ0) is 17.1. The number of benzene rings is 2. The van der Waals surface area contributed by atoms with Gasteiger partial charge in [0.05, 0.1) is 7.11 Å². The zero-order valence-corrected chi connectivity index (χ0v) is 13.8. The molecule has 0 saturated carbocycles. The Hall–Kier alpha value is -2.75. The third-order valence-corrected chi connectivity index (χ3v) is 4.48. The van der Waals surface area contributed by atoms with Crippen LogP contribution in [0.3, 0.4) is 0 Å². The number of nitrogens with one attached hydrogen (secondary N) is 1. The molecule has 124 valence electrons. The Morgan fingerprint density at radius 3 is 2.58 bits per heavy atom. The molecule has 0 aliphatic carbocycles. The lowest BCUT2D eigenvalue weighted by Crippen LogP contribution is -2.24. The average Bonchev–Trinajstić information content (AvgIpc) is 3.03. The van der Waals surface area contributed by atoms with E-state index in [0.717, 1.165) is 34.2 Å². The van der Waals surface area contributed by atoms with E-state index in [-0.39, 0.29) is 12.3 Å². The molecule has 0 aliphatic rings. The van der Waals surface area contributed by atoms with Gasteiger partial charge < -0.3 is 19.6 Å². The molecule has 3 rings (SSSR count). The Kier molecular flexibility index (Phi) is 4.56. The molecule has 1 atom stereocenters. The van der Waals surface area contributed by atoms with Crippen LogP contribution in [0.5, 0.6) is 5.75 Å². The number of ether oxygens (including phenoxy) is 1. The minimum absolute atomic E-state index is 0.0599. The summed E-state index contributed by atoms with van der Waals surface area (Å²) in [6.07, 6.45) is 2.78. The number of fused-ring (bicyclic) bond motifs is 1. The largest absolute Gasteiger partial charge is 0.550 e. The maximum Gasteiger partial charge on any atom is 0.118 e. The maximum atomic E-state index is 11.3. The minimum atomic E-state index is -1.06. The highest BCUT2D eigenvalue weighted by Crippen LogP contribution is 2.35. The van der Waals surface area contributed by atoms with E-state index >= 15 is 0 Å². The normalized spacial score (nSPS) is 12.2. The Morgan fingerprint density at radius 2 is 1.96 bits per heavy atom. The summed E-state index contributed by atoms with van der Waals surface area (Å²) in [5, 5.41) is 12.4. The van der Waals surface area contributed by atoms with Crippen molar-refractivity contribution < 1.29 is 14.6 Å². The fourth-order valence-corrected chi connectivity index (χ4v) is 3.23. The minimum Gasteiger partial charge on any atom is -0.550 e. The third kappa shape index (κ3) is 3.00. The van der Waals surface area contributed by atoms with Crippen molar-refractivity contribution in [3.05, 3.63) is 65.4 Å². The van der Waals surface area contributed by atoms with E-state index in [2.05, 4.69) is 18.0 Å². The van der Waals surface area contributed by atoms with Gasteiger partial charge in [-0.05, 0) is 41.7 Å². The first-order valence-corrected chi connectivity index (χ1v) is 8.06. The van der Waals surface area contributed by atoms with Crippen LogP contribution in [0.1, 0.15) is 36.0 Å². The molecule has 4 heteroatoms. The summed E-state index contributed by atoms with van der Waals surface area (Å²) in [4.78, 5) is 14.6. The Morgan fingerprint density at radius 1 is 1.21 bits per heavy atom. The molecule has 0 bridgehead atoms.